The van der Waals surface area contributed by atoms with Gasteiger partial charge in [-0.1, -0.05) is 36.8 Å². The molecule has 20 heavy (non-hydrogen) atoms. The maximum atomic E-state index is 4.75. The molecule has 0 saturated heterocycles. The quantitative estimate of drug-likeness (QED) is 0.775. The van der Waals surface area contributed by atoms with Crippen LogP contribution in [0.5, 0.6) is 0 Å². The van der Waals surface area contributed by atoms with Gasteiger partial charge in [0.25, 0.3) is 0 Å². The monoisotopic (exact) mass is 270 g/mol. The predicted molar refractivity (Wildman–Crippen MR) is 88.1 cm³/mol. The number of benzene rings is 1. The second kappa shape index (κ2) is 7.88. The molecule has 108 valence electrons. The molecule has 1 aliphatic rings. The molecule has 0 bridgehead atoms. The lowest BCUT2D eigenvalue weighted by Gasteiger charge is -2.25. The van der Waals surface area contributed by atoms with Crippen molar-refractivity contribution in [3.05, 3.63) is 42.0 Å². The van der Waals surface area contributed by atoms with Gasteiger partial charge in [-0.15, -0.1) is 0 Å². The van der Waals surface area contributed by atoms with E-state index in [0.717, 1.165) is 26.1 Å². The highest BCUT2D eigenvalue weighted by atomic mass is 15.1. The molecule has 0 N–H and O–H groups in total. The van der Waals surface area contributed by atoms with Gasteiger partial charge in [-0.2, -0.15) is 0 Å². The molecule has 1 aromatic rings. The zero-order valence-electron chi connectivity index (χ0n) is 12.8. The van der Waals surface area contributed by atoms with Crippen LogP contribution in [0.2, 0.25) is 0 Å². The second-order valence-electron chi connectivity index (χ2n) is 5.25. The fourth-order valence-electron chi connectivity index (χ4n) is 2.70. The number of nitrogens with zero attached hydrogens (tertiary/aromatic N) is 2. The van der Waals surface area contributed by atoms with Crippen molar-refractivity contribution >= 4 is 11.4 Å². The van der Waals surface area contributed by atoms with Crippen LogP contribution in [0, 0.1) is 0 Å². The molecule has 0 aromatic heterocycles. The first-order valence-corrected chi connectivity index (χ1v) is 7.90. The molecule has 0 radical (unpaired) electrons. The lowest BCUT2D eigenvalue weighted by molar-refractivity contribution is 0.442. The number of rotatable bonds is 5. The topological polar surface area (TPSA) is 15.6 Å². The Bertz CT molecular complexity index is 456. The lowest BCUT2D eigenvalue weighted by atomic mass is 10.1. The van der Waals surface area contributed by atoms with Crippen LogP contribution in [0.25, 0.3) is 5.70 Å². The van der Waals surface area contributed by atoms with Crippen molar-refractivity contribution in [1.82, 2.24) is 4.90 Å². The summed E-state index contributed by atoms with van der Waals surface area (Å²) in [6.45, 7) is 7.49. The van der Waals surface area contributed by atoms with Crippen LogP contribution in [0.15, 0.2) is 41.4 Å². The van der Waals surface area contributed by atoms with Gasteiger partial charge in [-0.25, -0.2) is 0 Å². The third-order valence-electron chi connectivity index (χ3n) is 3.88. The Kier molecular flexibility index (Phi) is 5.85. The highest BCUT2D eigenvalue weighted by Gasteiger charge is 2.10. The lowest BCUT2D eigenvalue weighted by Crippen LogP contribution is -2.22. The largest absolute Gasteiger partial charge is 0.372 e. The fourth-order valence-corrected chi connectivity index (χ4v) is 2.70. The van der Waals surface area contributed by atoms with Crippen molar-refractivity contribution < 1.29 is 0 Å². The number of hydrogen-bond donors (Lipinski definition) is 0. The Hall–Kier alpha value is -1.57. The smallest absolute Gasteiger partial charge is 0.0457 e. The summed E-state index contributed by atoms with van der Waals surface area (Å²) in [6.07, 6.45) is 7.26. The molecule has 0 spiro atoms. The van der Waals surface area contributed by atoms with E-state index in [4.69, 9.17) is 4.99 Å². The molecule has 2 nitrogen and oxygen atoms in total. The first-order valence-electron chi connectivity index (χ1n) is 7.90. The van der Waals surface area contributed by atoms with Crippen molar-refractivity contribution in [3.8, 4) is 0 Å². The minimum atomic E-state index is 0.992. The van der Waals surface area contributed by atoms with E-state index in [9.17, 15) is 0 Å². The summed E-state index contributed by atoms with van der Waals surface area (Å²) in [5.74, 6) is 0. The van der Waals surface area contributed by atoms with Gasteiger partial charge < -0.3 is 4.90 Å². The Morgan fingerprint density at radius 1 is 1.10 bits per heavy atom. The van der Waals surface area contributed by atoms with Gasteiger partial charge in [-0.3, -0.25) is 4.99 Å². The van der Waals surface area contributed by atoms with Crippen LogP contribution in [-0.4, -0.2) is 30.2 Å². The van der Waals surface area contributed by atoms with Gasteiger partial charge in [0, 0.05) is 31.0 Å². The van der Waals surface area contributed by atoms with Gasteiger partial charge in [0.2, 0.25) is 0 Å². The molecule has 0 amide bonds. The zero-order chi connectivity index (χ0) is 14.2. The third-order valence-corrected chi connectivity index (χ3v) is 3.88. The van der Waals surface area contributed by atoms with Gasteiger partial charge in [0.15, 0.2) is 0 Å². The van der Waals surface area contributed by atoms with Crippen LogP contribution >= 0.6 is 0 Å². The molecular weight excluding hydrogens is 244 g/mol. The number of allylic oxidation sites excluding steroid dienone is 1. The van der Waals surface area contributed by atoms with Crippen molar-refractivity contribution in [2.45, 2.75) is 39.5 Å². The van der Waals surface area contributed by atoms with Gasteiger partial charge in [0.1, 0.15) is 0 Å². The first kappa shape index (κ1) is 14.8. The molecule has 0 saturated carbocycles. The van der Waals surface area contributed by atoms with Crippen molar-refractivity contribution in [1.29, 1.82) is 0 Å². The molecule has 1 aliphatic heterocycles. The van der Waals surface area contributed by atoms with Gasteiger partial charge in [-0.05, 0) is 44.7 Å². The maximum Gasteiger partial charge on any atom is 0.0457 e. The van der Waals surface area contributed by atoms with E-state index in [1.165, 1.54) is 36.2 Å². The summed E-state index contributed by atoms with van der Waals surface area (Å²) in [6, 6.07) is 10.7. The minimum Gasteiger partial charge on any atom is -0.372 e. The summed E-state index contributed by atoms with van der Waals surface area (Å²) in [4.78, 5) is 7.17. The summed E-state index contributed by atoms with van der Waals surface area (Å²) in [7, 11) is 0. The SMILES string of the molecule is CCN(CC)C(=CC1=NCCCCC1)c1ccccc1. The van der Waals surface area contributed by atoms with E-state index in [0.29, 0.717) is 0 Å². The van der Waals surface area contributed by atoms with E-state index >= 15 is 0 Å². The summed E-state index contributed by atoms with van der Waals surface area (Å²) in [5, 5.41) is 0. The standard InChI is InChI=1S/C18H26N2/c1-3-20(4-2)18(16-11-7-5-8-12-16)15-17-13-9-6-10-14-19-17/h5,7-8,11-12,15H,3-4,6,9-10,13-14H2,1-2H3. The van der Waals surface area contributed by atoms with E-state index in [-0.39, 0.29) is 0 Å². The highest BCUT2D eigenvalue weighted by Crippen LogP contribution is 2.20. The Morgan fingerprint density at radius 3 is 2.55 bits per heavy atom. The predicted octanol–water partition coefficient (Wildman–Crippen LogP) is 4.38. The molecule has 0 fully saturated rings. The molecule has 0 atom stereocenters. The minimum absolute atomic E-state index is 0.992. The van der Waals surface area contributed by atoms with Crippen LogP contribution in [0.1, 0.15) is 45.1 Å². The third kappa shape index (κ3) is 3.96. The van der Waals surface area contributed by atoms with E-state index in [1.54, 1.807) is 0 Å². The number of aliphatic imine (C=N–C) groups is 1. The normalized spacial score (nSPS) is 16.5. The fraction of sp³-hybridized carbons (Fsp3) is 0.500. The van der Waals surface area contributed by atoms with E-state index < -0.39 is 0 Å². The summed E-state index contributed by atoms with van der Waals surface area (Å²) >= 11 is 0. The summed E-state index contributed by atoms with van der Waals surface area (Å²) in [5.41, 5.74) is 3.88. The molecule has 1 aromatic carbocycles. The molecule has 0 aliphatic carbocycles. The Labute approximate surface area is 123 Å². The second-order valence-corrected chi connectivity index (χ2v) is 5.25. The Morgan fingerprint density at radius 2 is 1.85 bits per heavy atom. The average Bonchev–Trinajstić information content (AvgIpc) is 2.77. The zero-order valence-corrected chi connectivity index (χ0v) is 12.8. The van der Waals surface area contributed by atoms with Crippen LogP contribution in [0.4, 0.5) is 0 Å². The highest BCUT2D eigenvalue weighted by molar-refractivity contribution is 6.00. The van der Waals surface area contributed by atoms with E-state index in [1.807, 2.05) is 0 Å². The molecule has 2 heteroatoms. The van der Waals surface area contributed by atoms with Crippen molar-refractivity contribution in [2.75, 3.05) is 19.6 Å². The molecule has 0 unspecified atom stereocenters. The molecular formula is C18H26N2. The van der Waals surface area contributed by atoms with Crippen molar-refractivity contribution in [2.24, 2.45) is 4.99 Å². The van der Waals surface area contributed by atoms with Gasteiger partial charge >= 0.3 is 0 Å². The average molecular weight is 270 g/mol. The summed E-state index contributed by atoms with van der Waals surface area (Å²) < 4.78 is 0. The van der Waals surface area contributed by atoms with E-state index in [2.05, 4.69) is 55.2 Å². The van der Waals surface area contributed by atoms with Crippen molar-refractivity contribution in [3.63, 3.8) is 0 Å². The molecule has 1 heterocycles. The Balaban J connectivity index is 2.32. The first-order chi connectivity index (χ1) is 9.85. The molecule has 2 rings (SSSR count). The number of hydrogen-bond acceptors (Lipinski definition) is 2. The van der Waals surface area contributed by atoms with Gasteiger partial charge in [0.05, 0.1) is 0 Å². The van der Waals surface area contributed by atoms with Crippen LogP contribution < -0.4 is 0 Å². The van der Waals surface area contributed by atoms with Crippen LogP contribution in [-0.2, 0) is 0 Å². The maximum absolute atomic E-state index is 4.75. The van der Waals surface area contributed by atoms with Crippen LogP contribution in [0.3, 0.4) is 0 Å².